The zero-order valence-electron chi connectivity index (χ0n) is 16.4. The summed E-state index contributed by atoms with van der Waals surface area (Å²) in [6, 6.07) is 11.3. The van der Waals surface area contributed by atoms with Crippen molar-refractivity contribution in [1.82, 2.24) is 5.32 Å². The maximum Gasteiger partial charge on any atom is 0.325 e. The molecule has 1 fully saturated rings. The van der Waals surface area contributed by atoms with E-state index < -0.39 is 21.9 Å². The Morgan fingerprint density at radius 1 is 1.10 bits per heavy atom. The fourth-order valence-electron chi connectivity index (χ4n) is 2.73. The summed E-state index contributed by atoms with van der Waals surface area (Å²) in [5.41, 5.74) is 1.95. The molecule has 0 aromatic heterocycles. The van der Waals surface area contributed by atoms with Crippen molar-refractivity contribution in [2.75, 3.05) is 17.9 Å². The van der Waals surface area contributed by atoms with Crippen LogP contribution < -0.4 is 10.0 Å². The highest BCUT2D eigenvalue weighted by atomic mass is 32.2. The molecular weight excluding hydrogens is 392 g/mol. The SMILES string of the molecule is Cc1ccc(C)c(S(=O)(=O)Nc2cccc(C(=O)NCC(=O)OCC3CC3)c2)c1. The molecule has 3 rings (SSSR count). The lowest BCUT2D eigenvalue weighted by atomic mass is 10.2. The number of sulfonamides is 1. The quantitative estimate of drug-likeness (QED) is 0.645. The number of aryl methyl sites for hydroxylation is 2. The van der Waals surface area contributed by atoms with Crippen LogP contribution in [0.15, 0.2) is 47.4 Å². The normalized spacial score (nSPS) is 13.6. The van der Waals surface area contributed by atoms with Crippen molar-refractivity contribution in [2.24, 2.45) is 5.92 Å². The number of hydrogen-bond donors (Lipinski definition) is 2. The summed E-state index contributed by atoms with van der Waals surface area (Å²) < 4.78 is 33.0. The Kier molecular flexibility index (Phi) is 6.22. The van der Waals surface area contributed by atoms with E-state index in [4.69, 9.17) is 4.74 Å². The van der Waals surface area contributed by atoms with Crippen LogP contribution in [0.4, 0.5) is 5.69 Å². The summed E-state index contributed by atoms with van der Waals surface area (Å²) in [6.07, 6.45) is 2.15. The first-order valence-corrected chi connectivity index (χ1v) is 10.9. The van der Waals surface area contributed by atoms with Gasteiger partial charge in [-0.3, -0.25) is 14.3 Å². The zero-order valence-corrected chi connectivity index (χ0v) is 17.2. The van der Waals surface area contributed by atoms with Gasteiger partial charge in [0.25, 0.3) is 15.9 Å². The summed E-state index contributed by atoms with van der Waals surface area (Å²) in [5, 5.41) is 2.49. The maximum absolute atomic E-state index is 12.7. The molecule has 0 radical (unpaired) electrons. The van der Waals surface area contributed by atoms with E-state index in [1.807, 2.05) is 13.0 Å². The highest BCUT2D eigenvalue weighted by Crippen LogP contribution is 2.28. The van der Waals surface area contributed by atoms with Crippen molar-refractivity contribution >= 4 is 27.6 Å². The summed E-state index contributed by atoms with van der Waals surface area (Å²) in [7, 11) is -3.80. The number of ether oxygens (including phenoxy) is 1. The monoisotopic (exact) mass is 416 g/mol. The Morgan fingerprint density at radius 3 is 2.59 bits per heavy atom. The predicted octanol–water partition coefficient (Wildman–Crippen LogP) is 2.79. The van der Waals surface area contributed by atoms with E-state index in [9.17, 15) is 18.0 Å². The van der Waals surface area contributed by atoms with Crippen LogP contribution in [0.3, 0.4) is 0 Å². The average molecular weight is 416 g/mol. The maximum atomic E-state index is 12.7. The second kappa shape index (κ2) is 8.65. The van der Waals surface area contributed by atoms with Gasteiger partial charge in [0.1, 0.15) is 6.54 Å². The summed E-state index contributed by atoms with van der Waals surface area (Å²) in [5.74, 6) is -0.519. The molecule has 154 valence electrons. The fraction of sp³-hybridized carbons (Fsp3) is 0.333. The molecule has 8 heteroatoms. The highest BCUT2D eigenvalue weighted by Gasteiger charge is 2.23. The minimum absolute atomic E-state index is 0.186. The molecule has 1 amide bonds. The van der Waals surface area contributed by atoms with Gasteiger partial charge in [0.15, 0.2) is 0 Å². The number of esters is 1. The van der Waals surface area contributed by atoms with Crippen molar-refractivity contribution < 1.29 is 22.7 Å². The van der Waals surface area contributed by atoms with E-state index in [0.717, 1.165) is 18.4 Å². The van der Waals surface area contributed by atoms with Crippen LogP contribution >= 0.6 is 0 Å². The van der Waals surface area contributed by atoms with Crippen LogP contribution in [-0.4, -0.2) is 33.4 Å². The number of carbonyl (C=O) groups excluding carboxylic acids is 2. The summed E-state index contributed by atoms with van der Waals surface area (Å²) in [4.78, 5) is 24.1. The second-order valence-electron chi connectivity index (χ2n) is 7.26. The molecule has 2 N–H and O–H groups in total. The van der Waals surface area contributed by atoms with Gasteiger partial charge in [0.2, 0.25) is 0 Å². The van der Waals surface area contributed by atoms with Crippen LogP contribution in [0.1, 0.15) is 34.3 Å². The molecule has 0 atom stereocenters. The molecule has 7 nitrogen and oxygen atoms in total. The number of amides is 1. The van der Waals surface area contributed by atoms with Gasteiger partial charge in [-0.15, -0.1) is 0 Å². The Bertz CT molecular complexity index is 1030. The molecular formula is C21H24N2O5S. The molecule has 1 aliphatic carbocycles. The average Bonchev–Trinajstić information content (AvgIpc) is 3.50. The van der Waals surface area contributed by atoms with E-state index in [-0.39, 0.29) is 22.7 Å². The van der Waals surface area contributed by atoms with Crippen LogP contribution in [0.2, 0.25) is 0 Å². The summed E-state index contributed by atoms with van der Waals surface area (Å²) >= 11 is 0. The van der Waals surface area contributed by atoms with Gasteiger partial charge < -0.3 is 10.1 Å². The molecule has 1 saturated carbocycles. The number of carbonyl (C=O) groups is 2. The molecule has 0 spiro atoms. The molecule has 0 heterocycles. The smallest absolute Gasteiger partial charge is 0.325 e. The number of nitrogens with one attached hydrogen (secondary N) is 2. The summed E-state index contributed by atoms with van der Waals surface area (Å²) in [6.45, 7) is 3.70. The minimum atomic E-state index is -3.80. The predicted molar refractivity (Wildman–Crippen MR) is 109 cm³/mol. The van der Waals surface area contributed by atoms with Gasteiger partial charge in [-0.2, -0.15) is 0 Å². The molecule has 0 unspecified atom stereocenters. The topological polar surface area (TPSA) is 102 Å². The lowest BCUT2D eigenvalue weighted by Gasteiger charge is -2.12. The van der Waals surface area contributed by atoms with Crippen molar-refractivity contribution in [3.63, 3.8) is 0 Å². The fourth-order valence-corrected chi connectivity index (χ4v) is 4.11. The third-order valence-corrected chi connectivity index (χ3v) is 6.10. The number of hydrogen-bond acceptors (Lipinski definition) is 5. The largest absolute Gasteiger partial charge is 0.464 e. The van der Waals surface area contributed by atoms with Gasteiger partial charge in [-0.1, -0.05) is 18.2 Å². The van der Waals surface area contributed by atoms with Crippen molar-refractivity contribution in [1.29, 1.82) is 0 Å². The van der Waals surface area contributed by atoms with Crippen molar-refractivity contribution in [2.45, 2.75) is 31.6 Å². The minimum Gasteiger partial charge on any atom is -0.464 e. The van der Waals surface area contributed by atoms with Crippen LogP contribution in [-0.2, 0) is 19.6 Å². The standard InChI is InChI=1S/C21H24N2O5S/c1-14-6-7-15(2)19(10-14)29(26,27)23-18-5-3-4-17(11-18)21(25)22-12-20(24)28-13-16-8-9-16/h3-7,10-11,16,23H,8-9,12-13H2,1-2H3,(H,22,25). The molecule has 2 aromatic rings. The van der Waals surface area contributed by atoms with Crippen LogP contribution in [0.25, 0.3) is 0 Å². The van der Waals surface area contributed by atoms with Gasteiger partial charge in [0.05, 0.1) is 11.5 Å². The van der Waals surface area contributed by atoms with Crippen molar-refractivity contribution in [3.05, 3.63) is 59.2 Å². The van der Waals surface area contributed by atoms with E-state index in [1.54, 1.807) is 37.3 Å². The zero-order chi connectivity index (χ0) is 21.0. The van der Waals surface area contributed by atoms with E-state index in [0.29, 0.717) is 18.1 Å². The Labute approximate surface area is 170 Å². The molecule has 0 saturated heterocycles. The third-order valence-electron chi connectivity index (χ3n) is 4.58. The Balaban J connectivity index is 1.64. The molecule has 0 bridgehead atoms. The Morgan fingerprint density at radius 2 is 1.86 bits per heavy atom. The van der Waals surface area contributed by atoms with Crippen LogP contribution in [0.5, 0.6) is 0 Å². The van der Waals surface area contributed by atoms with E-state index >= 15 is 0 Å². The molecule has 0 aliphatic heterocycles. The van der Waals surface area contributed by atoms with Gasteiger partial charge in [-0.25, -0.2) is 8.42 Å². The lowest BCUT2D eigenvalue weighted by Crippen LogP contribution is -2.31. The lowest BCUT2D eigenvalue weighted by molar-refractivity contribution is -0.142. The first-order valence-electron chi connectivity index (χ1n) is 9.38. The molecule has 1 aliphatic rings. The number of rotatable bonds is 8. The van der Waals surface area contributed by atoms with Gasteiger partial charge in [-0.05, 0) is 68.0 Å². The Hall–Kier alpha value is -2.87. The highest BCUT2D eigenvalue weighted by molar-refractivity contribution is 7.92. The molecule has 2 aromatic carbocycles. The van der Waals surface area contributed by atoms with Gasteiger partial charge in [0, 0.05) is 11.3 Å². The second-order valence-corrected chi connectivity index (χ2v) is 8.92. The van der Waals surface area contributed by atoms with E-state index in [1.165, 1.54) is 6.07 Å². The third kappa shape index (κ3) is 5.80. The first kappa shape index (κ1) is 20.9. The van der Waals surface area contributed by atoms with Crippen LogP contribution in [0, 0.1) is 19.8 Å². The van der Waals surface area contributed by atoms with Gasteiger partial charge >= 0.3 is 5.97 Å². The number of benzene rings is 2. The van der Waals surface area contributed by atoms with Crippen molar-refractivity contribution in [3.8, 4) is 0 Å². The number of anilines is 1. The molecule has 29 heavy (non-hydrogen) atoms. The van der Waals surface area contributed by atoms with E-state index in [2.05, 4.69) is 10.0 Å². The first-order chi connectivity index (χ1) is 13.7.